The first kappa shape index (κ1) is 24.2. The molecule has 0 saturated carbocycles. The molecule has 0 aliphatic heterocycles. The third kappa shape index (κ3) is 6.73. The molecule has 0 amide bonds. The summed E-state index contributed by atoms with van der Waals surface area (Å²) in [5, 5.41) is 16.6. The van der Waals surface area contributed by atoms with Gasteiger partial charge in [-0.1, -0.05) is 30.3 Å². The first-order valence-electron chi connectivity index (χ1n) is 8.99. The Bertz CT molecular complexity index is 1130. The number of nitrogen functional groups attached to an aromatic ring is 1. The summed E-state index contributed by atoms with van der Waals surface area (Å²) in [6, 6.07) is 18.5. The number of nitrogens with two attached hydrogens (primary N) is 1. The zero-order valence-corrected chi connectivity index (χ0v) is 16.8. The van der Waals surface area contributed by atoms with E-state index in [1.807, 2.05) is 48.5 Å². The van der Waals surface area contributed by atoms with Gasteiger partial charge in [0.25, 0.3) is 0 Å². The van der Waals surface area contributed by atoms with Crippen LogP contribution in [0.2, 0.25) is 0 Å². The maximum atomic E-state index is 11.4. The van der Waals surface area contributed by atoms with Gasteiger partial charge < -0.3 is 20.3 Å². The van der Waals surface area contributed by atoms with E-state index in [1.165, 1.54) is 7.11 Å². The van der Waals surface area contributed by atoms with E-state index >= 15 is 0 Å². The van der Waals surface area contributed by atoms with Crippen LogP contribution < -0.4 is 10.5 Å². The van der Waals surface area contributed by atoms with Crippen LogP contribution in [0.4, 0.5) is 13.2 Å². The second kappa shape index (κ2) is 10.3. The van der Waals surface area contributed by atoms with E-state index in [0.717, 1.165) is 22.1 Å². The molecule has 0 aliphatic carbocycles. The number of ether oxygens (including phenoxy) is 2. The van der Waals surface area contributed by atoms with Crippen LogP contribution in [-0.4, -0.2) is 36.2 Å². The highest BCUT2D eigenvalue weighted by molar-refractivity contribution is 5.99. The molecular weight excluding hydrogens is 429 g/mol. The number of aliphatic carboxylic acids is 1. The number of carboxylic acids is 1. The van der Waals surface area contributed by atoms with Crippen LogP contribution in [0.3, 0.4) is 0 Å². The molecule has 0 aliphatic rings. The van der Waals surface area contributed by atoms with Crippen LogP contribution in [0.1, 0.15) is 21.5 Å². The maximum absolute atomic E-state index is 11.4. The van der Waals surface area contributed by atoms with Crippen LogP contribution in [0.25, 0.3) is 10.8 Å². The van der Waals surface area contributed by atoms with Crippen LogP contribution in [0.15, 0.2) is 60.7 Å². The summed E-state index contributed by atoms with van der Waals surface area (Å²) in [5.41, 5.74) is 7.69. The van der Waals surface area contributed by atoms with Crippen molar-refractivity contribution < 1.29 is 37.3 Å². The van der Waals surface area contributed by atoms with Crippen molar-refractivity contribution in [3.8, 4) is 5.75 Å². The third-order valence-corrected chi connectivity index (χ3v) is 4.15. The average molecular weight is 448 g/mol. The van der Waals surface area contributed by atoms with Crippen molar-refractivity contribution in [3.05, 3.63) is 77.4 Å². The Morgan fingerprint density at radius 3 is 2.03 bits per heavy atom. The number of hydrogen-bond acceptors (Lipinski definition) is 5. The fourth-order valence-corrected chi connectivity index (χ4v) is 2.50. The van der Waals surface area contributed by atoms with Crippen molar-refractivity contribution in [2.24, 2.45) is 5.73 Å². The van der Waals surface area contributed by atoms with E-state index in [4.69, 9.17) is 25.8 Å². The summed E-state index contributed by atoms with van der Waals surface area (Å²) in [6.07, 6.45) is -5.08. The molecule has 0 aromatic heterocycles. The zero-order chi connectivity index (χ0) is 23.9. The number of carbonyl (C=O) groups excluding carboxylic acids is 1. The Morgan fingerprint density at radius 1 is 0.969 bits per heavy atom. The van der Waals surface area contributed by atoms with E-state index in [-0.39, 0.29) is 11.8 Å². The highest BCUT2D eigenvalue weighted by Crippen LogP contribution is 2.23. The number of carboxylic acid groups (broad SMARTS) is 1. The molecule has 0 unspecified atom stereocenters. The van der Waals surface area contributed by atoms with Gasteiger partial charge in [0.15, 0.2) is 0 Å². The third-order valence-electron chi connectivity index (χ3n) is 4.15. The zero-order valence-electron chi connectivity index (χ0n) is 16.8. The lowest BCUT2D eigenvalue weighted by atomic mass is 10.1. The minimum absolute atomic E-state index is 0.0534. The van der Waals surface area contributed by atoms with Gasteiger partial charge in [0.2, 0.25) is 0 Å². The molecule has 3 rings (SSSR count). The van der Waals surface area contributed by atoms with E-state index in [9.17, 15) is 18.0 Å². The Labute approximate surface area is 180 Å². The molecule has 7 nitrogen and oxygen atoms in total. The summed E-state index contributed by atoms with van der Waals surface area (Å²) >= 11 is 0. The van der Waals surface area contributed by atoms with Gasteiger partial charge in [0, 0.05) is 5.56 Å². The van der Waals surface area contributed by atoms with Crippen molar-refractivity contribution in [2.75, 3.05) is 7.11 Å². The number of benzene rings is 3. The second-order valence-corrected chi connectivity index (χ2v) is 6.42. The molecule has 0 fully saturated rings. The lowest BCUT2D eigenvalue weighted by Gasteiger charge is -2.09. The van der Waals surface area contributed by atoms with Crippen molar-refractivity contribution in [3.63, 3.8) is 0 Å². The smallest absolute Gasteiger partial charge is 0.489 e. The predicted octanol–water partition coefficient (Wildman–Crippen LogP) is 4.12. The lowest BCUT2D eigenvalue weighted by molar-refractivity contribution is -0.192. The van der Waals surface area contributed by atoms with Gasteiger partial charge in [-0.05, 0) is 46.7 Å². The normalized spacial score (nSPS) is 10.6. The van der Waals surface area contributed by atoms with Crippen molar-refractivity contribution in [1.29, 1.82) is 5.41 Å². The van der Waals surface area contributed by atoms with E-state index in [0.29, 0.717) is 17.7 Å². The van der Waals surface area contributed by atoms with E-state index in [1.54, 1.807) is 12.1 Å². The SMILES string of the molecule is COC(=O)c1ccc(COc2ccc3cc(C(=N)N)ccc3c2)cc1.O=C(O)C(F)(F)F. The molecule has 3 aromatic carbocycles. The number of fused-ring (bicyclic) bond motifs is 1. The number of carbonyl (C=O) groups is 2. The molecule has 3 aromatic rings. The van der Waals surface area contributed by atoms with Crippen molar-refractivity contribution in [1.82, 2.24) is 0 Å². The summed E-state index contributed by atoms with van der Waals surface area (Å²) in [7, 11) is 1.36. The number of alkyl halides is 3. The van der Waals surface area contributed by atoms with Gasteiger partial charge in [-0.2, -0.15) is 13.2 Å². The number of amidine groups is 1. The highest BCUT2D eigenvalue weighted by Gasteiger charge is 2.38. The average Bonchev–Trinajstić information content (AvgIpc) is 2.76. The molecule has 0 bridgehead atoms. The Balaban J connectivity index is 0.000000451. The molecule has 0 spiro atoms. The number of esters is 1. The van der Waals surface area contributed by atoms with Crippen molar-refractivity contribution >= 4 is 28.5 Å². The van der Waals surface area contributed by atoms with Gasteiger partial charge in [-0.15, -0.1) is 0 Å². The second-order valence-electron chi connectivity index (χ2n) is 6.42. The quantitative estimate of drug-likeness (QED) is 0.307. The van der Waals surface area contributed by atoms with Crippen LogP contribution in [0.5, 0.6) is 5.75 Å². The number of methoxy groups -OCH3 is 1. The van der Waals surface area contributed by atoms with E-state index in [2.05, 4.69) is 4.74 Å². The standard InChI is InChI=1S/C20H18N2O3.C2HF3O2/c1-24-20(23)14-4-2-13(3-5-14)12-25-18-9-8-15-10-17(19(21)22)7-6-16(15)11-18;3-2(4,5)1(6)7/h2-11H,12H2,1H3,(H3,21,22);(H,6,7). The van der Waals surface area contributed by atoms with Gasteiger partial charge in [-0.25, -0.2) is 9.59 Å². The van der Waals surface area contributed by atoms with Gasteiger partial charge in [0.1, 0.15) is 18.2 Å². The molecule has 0 saturated heterocycles. The molecule has 4 N–H and O–H groups in total. The maximum Gasteiger partial charge on any atom is 0.490 e. The van der Waals surface area contributed by atoms with Gasteiger partial charge in [-0.3, -0.25) is 5.41 Å². The van der Waals surface area contributed by atoms with Gasteiger partial charge >= 0.3 is 18.1 Å². The molecule has 0 radical (unpaired) electrons. The number of halogens is 3. The molecular formula is C22H19F3N2O5. The Kier molecular flexibility index (Phi) is 7.78. The number of rotatable bonds is 5. The predicted molar refractivity (Wildman–Crippen MR) is 111 cm³/mol. The summed E-state index contributed by atoms with van der Waals surface area (Å²) < 4.78 is 42.2. The van der Waals surface area contributed by atoms with Gasteiger partial charge in [0.05, 0.1) is 12.7 Å². The Morgan fingerprint density at radius 2 is 1.50 bits per heavy atom. The fraction of sp³-hybridized carbons (Fsp3) is 0.136. The molecule has 0 heterocycles. The molecule has 0 atom stereocenters. The first-order chi connectivity index (χ1) is 15.0. The Hall–Kier alpha value is -4.08. The van der Waals surface area contributed by atoms with Crippen LogP contribution in [0, 0.1) is 5.41 Å². The lowest BCUT2D eigenvalue weighted by Crippen LogP contribution is -2.21. The topological polar surface area (TPSA) is 123 Å². The first-order valence-corrected chi connectivity index (χ1v) is 8.99. The van der Waals surface area contributed by atoms with E-state index < -0.39 is 12.1 Å². The van der Waals surface area contributed by atoms with Crippen molar-refractivity contribution in [2.45, 2.75) is 12.8 Å². The highest BCUT2D eigenvalue weighted by atomic mass is 19.4. The monoisotopic (exact) mass is 448 g/mol. The molecule has 32 heavy (non-hydrogen) atoms. The summed E-state index contributed by atoms with van der Waals surface area (Å²) in [5.74, 6) is -2.31. The molecule has 168 valence electrons. The minimum Gasteiger partial charge on any atom is -0.489 e. The number of hydrogen-bond donors (Lipinski definition) is 3. The summed E-state index contributed by atoms with van der Waals surface area (Å²) in [6.45, 7) is 0.401. The van der Waals surface area contributed by atoms with Crippen LogP contribution >= 0.6 is 0 Å². The number of nitrogens with one attached hydrogen (secondary N) is 1. The minimum atomic E-state index is -5.08. The van der Waals surface area contributed by atoms with Crippen LogP contribution in [-0.2, 0) is 16.1 Å². The fourth-order valence-electron chi connectivity index (χ4n) is 2.50. The molecule has 10 heteroatoms. The summed E-state index contributed by atoms with van der Waals surface area (Å²) in [4.78, 5) is 20.3. The largest absolute Gasteiger partial charge is 0.490 e.